The first-order valence-electron chi connectivity index (χ1n) is 7.07. The van der Waals surface area contributed by atoms with Crippen molar-refractivity contribution < 1.29 is 4.74 Å². The van der Waals surface area contributed by atoms with Gasteiger partial charge in [0, 0.05) is 21.1 Å². The molecule has 0 aromatic heterocycles. The van der Waals surface area contributed by atoms with E-state index in [1.165, 1.54) is 5.56 Å². The largest absolute Gasteiger partial charge is 0.493 e. The van der Waals surface area contributed by atoms with Crippen LogP contribution in [0.4, 0.5) is 0 Å². The first-order valence-corrected chi connectivity index (χ1v) is 7.07. The predicted molar refractivity (Wildman–Crippen MR) is 85.4 cm³/mol. The van der Waals surface area contributed by atoms with Crippen LogP contribution in [0.25, 0.3) is 0 Å². The summed E-state index contributed by atoms with van der Waals surface area (Å²) in [5.74, 6) is 2.34. The fourth-order valence-electron chi connectivity index (χ4n) is 1.79. The standard InChI is InChI=1S/C16H27N3O/c1-12(2)11-20-15-9-7-14(8-10-15)13(3)18-16(17-4)19(5)6/h7-10,12-13H,11H2,1-6H3,(H,17,18). The van der Waals surface area contributed by atoms with Crippen LogP contribution in [0.5, 0.6) is 5.75 Å². The second-order valence-corrected chi connectivity index (χ2v) is 5.58. The van der Waals surface area contributed by atoms with Gasteiger partial charge in [-0.2, -0.15) is 0 Å². The predicted octanol–water partition coefficient (Wildman–Crippen LogP) is 2.92. The van der Waals surface area contributed by atoms with Gasteiger partial charge in [0.25, 0.3) is 0 Å². The van der Waals surface area contributed by atoms with Gasteiger partial charge < -0.3 is 15.0 Å². The van der Waals surface area contributed by atoms with Crippen LogP contribution in [0.3, 0.4) is 0 Å². The summed E-state index contributed by atoms with van der Waals surface area (Å²) in [6.45, 7) is 7.17. The Hall–Kier alpha value is -1.71. The van der Waals surface area contributed by atoms with Crippen LogP contribution < -0.4 is 10.1 Å². The summed E-state index contributed by atoms with van der Waals surface area (Å²) >= 11 is 0. The molecular formula is C16H27N3O. The summed E-state index contributed by atoms with van der Waals surface area (Å²) in [6.07, 6.45) is 0. The molecule has 0 saturated carbocycles. The Kier molecular flexibility index (Phi) is 6.36. The summed E-state index contributed by atoms with van der Waals surface area (Å²) < 4.78 is 5.69. The summed E-state index contributed by atoms with van der Waals surface area (Å²) in [6, 6.07) is 8.44. The van der Waals surface area contributed by atoms with E-state index in [0.29, 0.717) is 5.92 Å². The lowest BCUT2D eigenvalue weighted by Gasteiger charge is -2.22. The lowest BCUT2D eigenvalue weighted by atomic mass is 10.1. The quantitative estimate of drug-likeness (QED) is 0.664. The molecule has 1 rings (SSSR count). The van der Waals surface area contributed by atoms with Crippen molar-refractivity contribution in [2.75, 3.05) is 27.7 Å². The van der Waals surface area contributed by atoms with E-state index >= 15 is 0 Å². The van der Waals surface area contributed by atoms with E-state index in [2.05, 4.69) is 43.2 Å². The first kappa shape index (κ1) is 16.3. The van der Waals surface area contributed by atoms with Gasteiger partial charge >= 0.3 is 0 Å². The number of aliphatic imine (C=N–C) groups is 1. The van der Waals surface area contributed by atoms with E-state index in [9.17, 15) is 0 Å². The van der Waals surface area contributed by atoms with Gasteiger partial charge in [0.2, 0.25) is 0 Å². The molecular weight excluding hydrogens is 250 g/mol. The number of nitrogens with one attached hydrogen (secondary N) is 1. The molecule has 1 N–H and O–H groups in total. The monoisotopic (exact) mass is 277 g/mol. The van der Waals surface area contributed by atoms with Crippen molar-refractivity contribution in [3.63, 3.8) is 0 Å². The molecule has 4 nitrogen and oxygen atoms in total. The maximum atomic E-state index is 5.69. The molecule has 0 bridgehead atoms. The zero-order valence-corrected chi connectivity index (χ0v) is 13.5. The van der Waals surface area contributed by atoms with Crippen LogP contribution in [0.1, 0.15) is 32.4 Å². The van der Waals surface area contributed by atoms with E-state index in [1.54, 1.807) is 7.05 Å². The number of benzene rings is 1. The Bertz CT molecular complexity index is 424. The van der Waals surface area contributed by atoms with Gasteiger partial charge in [-0.15, -0.1) is 0 Å². The van der Waals surface area contributed by atoms with Crippen molar-refractivity contribution in [1.29, 1.82) is 0 Å². The minimum atomic E-state index is 0.204. The van der Waals surface area contributed by atoms with Crippen molar-refractivity contribution in [1.82, 2.24) is 10.2 Å². The van der Waals surface area contributed by atoms with Crippen molar-refractivity contribution in [3.8, 4) is 5.75 Å². The van der Waals surface area contributed by atoms with E-state index in [4.69, 9.17) is 4.74 Å². The molecule has 1 aromatic carbocycles. The molecule has 0 spiro atoms. The smallest absolute Gasteiger partial charge is 0.193 e. The summed E-state index contributed by atoms with van der Waals surface area (Å²) in [7, 11) is 5.74. The lowest BCUT2D eigenvalue weighted by molar-refractivity contribution is 0.271. The topological polar surface area (TPSA) is 36.9 Å². The molecule has 0 heterocycles. The van der Waals surface area contributed by atoms with Gasteiger partial charge in [-0.25, -0.2) is 0 Å². The highest BCUT2D eigenvalue weighted by Crippen LogP contribution is 2.18. The molecule has 0 aliphatic carbocycles. The molecule has 1 atom stereocenters. The SMILES string of the molecule is CN=C(NC(C)c1ccc(OCC(C)C)cc1)N(C)C. The third-order valence-corrected chi connectivity index (χ3v) is 2.94. The average Bonchev–Trinajstić information content (AvgIpc) is 2.42. The van der Waals surface area contributed by atoms with Gasteiger partial charge in [-0.3, -0.25) is 4.99 Å². The molecule has 1 aromatic rings. The van der Waals surface area contributed by atoms with Gasteiger partial charge in [-0.05, 0) is 30.5 Å². The maximum absolute atomic E-state index is 5.69. The molecule has 0 amide bonds. The third-order valence-electron chi connectivity index (χ3n) is 2.94. The number of guanidine groups is 1. The minimum absolute atomic E-state index is 0.204. The second kappa shape index (κ2) is 7.78. The van der Waals surface area contributed by atoms with Crippen molar-refractivity contribution in [3.05, 3.63) is 29.8 Å². The molecule has 0 aliphatic heterocycles. The van der Waals surface area contributed by atoms with E-state index in [1.807, 2.05) is 31.1 Å². The van der Waals surface area contributed by atoms with E-state index < -0.39 is 0 Å². The van der Waals surface area contributed by atoms with Gasteiger partial charge in [0.1, 0.15) is 5.75 Å². The van der Waals surface area contributed by atoms with Crippen molar-refractivity contribution in [2.45, 2.75) is 26.8 Å². The second-order valence-electron chi connectivity index (χ2n) is 5.58. The number of rotatable bonds is 5. The Morgan fingerprint density at radius 3 is 2.25 bits per heavy atom. The summed E-state index contributed by atoms with van der Waals surface area (Å²) in [4.78, 5) is 6.20. The molecule has 0 radical (unpaired) electrons. The molecule has 0 aliphatic rings. The third kappa shape index (κ3) is 5.11. The van der Waals surface area contributed by atoms with Crippen LogP contribution in [0.2, 0.25) is 0 Å². The normalized spacial score (nSPS) is 13.2. The highest BCUT2D eigenvalue weighted by Gasteiger charge is 2.09. The highest BCUT2D eigenvalue weighted by molar-refractivity contribution is 5.79. The Balaban J connectivity index is 2.63. The molecule has 0 fully saturated rings. The zero-order chi connectivity index (χ0) is 15.1. The van der Waals surface area contributed by atoms with Crippen LogP contribution in [0.15, 0.2) is 29.3 Å². The fourth-order valence-corrected chi connectivity index (χ4v) is 1.79. The molecule has 20 heavy (non-hydrogen) atoms. The Labute approximate surface area is 122 Å². The van der Waals surface area contributed by atoms with Crippen LogP contribution in [-0.2, 0) is 0 Å². The van der Waals surface area contributed by atoms with Crippen LogP contribution in [0, 0.1) is 5.92 Å². The van der Waals surface area contributed by atoms with Crippen LogP contribution in [-0.4, -0.2) is 38.6 Å². The van der Waals surface area contributed by atoms with Crippen LogP contribution >= 0.6 is 0 Å². The van der Waals surface area contributed by atoms with Gasteiger partial charge in [-0.1, -0.05) is 26.0 Å². The number of nitrogens with zero attached hydrogens (tertiary/aromatic N) is 2. The van der Waals surface area contributed by atoms with Gasteiger partial charge in [0.15, 0.2) is 5.96 Å². The van der Waals surface area contributed by atoms with E-state index in [-0.39, 0.29) is 6.04 Å². The first-order chi connectivity index (χ1) is 9.43. The fraction of sp³-hybridized carbons (Fsp3) is 0.562. The summed E-state index contributed by atoms with van der Waals surface area (Å²) in [5.41, 5.74) is 1.21. The highest BCUT2D eigenvalue weighted by atomic mass is 16.5. The lowest BCUT2D eigenvalue weighted by Crippen LogP contribution is -2.37. The molecule has 0 saturated heterocycles. The average molecular weight is 277 g/mol. The number of ether oxygens (including phenoxy) is 1. The molecule has 4 heteroatoms. The van der Waals surface area contributed by atoms with E-state index in [0.717, 1.165) is 18.3 Å². The maximum Gasteiger partial charge on any atom is 0.193 e. The van der Waals surface area contributed by atoms with Gasteiger partial charge in [0.05, 0.1) is 12.6 Å². The minimum Gasteiger partial charge on any atom is -0.493 e. The van der Waals surface area contributed by atoms with Crippen molar-refractivity contribution >= 4 is 5.96 Å². The Morgan fingerprint density at radius 1 is 1.20 bits per heavy atom. The molecule has 1 unspecified atom stereocenters. The zero-order valence-electron chi connectivity index (χ0n) is 13.5. The number of hydrogen-bond acceptors (Lipinski definition) is 2. The van der Waals surface area contributed by atoms with Crippen molar-refractivity contribution in [2.24, 2.45) is 10.9 Å². The Morgan fingerprint density at radius 2 is 1.80 bits per heavy atom. The molecule has 112 valence electrons. The summed E-state index contributed by atoms with van der Waals surface area (Å²) in [5, 5.41) is 3.39. The number of hydrogen-bond donors (Lipinski definition) is 1.